The van der Waals surface area contributed by atoms with Crippen LogP contribution in [-0.4, -0.2) is 142 Å². The van der Waals surface area contributed by atoms with Crippen molar-refractivity contribution in [3.63, 3.8) is 0 Å². The van der Waals surface area contributed by atoms with Gasteiger partial charge in [-0.25, -0.2) is 18.9 Å². The average Bonchev–Trinajstić information content (AvgIpc) is 1.64. The summed E-state index contributed by atoms with van der Waals surface area (Å²) >= 11 is 18.0. The molecule has 0 aliphatic carbocycles. The number of esters is 1. The van der Waals surface area contributed by atoms with Crippen molar-refractivity contribution in [3.05, 3.63) is 206 Å². The molecule has 0 bridgehead atoms. The molecule has 7 heterocycles. The third-order valence-corrected chi connectivity index (χ3v) is 20.6. The van der Waals surface area contributed by atoms with Crippen LogP contribution >= 0.6 is 59.1 Å². The molecular weight excluding hydrogens is 1430 g/mol. The van der Waals surface area contributed by atoms with Crippen LogP contribution in [0.25, 0.3) is 0 Å². The van der Waals surface area contributed by atoms with E-state index in [1.165, 1.54) is 82.9 Å². The average molecular weight is 1500 g/mol. The third kappa shape index (κ3) is 18.3. The first kappa shape index (κ1) is 75.6. The summed E-state index contributed by atoms with van der Waals surface area (Å²) < 4.78 is 103. The number of amides is 1. The van der Waals surface area contributed by atoms with Crippen LogP contribution in [0, 0.1) is 13.8 Å². The fourth-order valence-electron chi connectivity index (χ4n) is 10.5. The Kier molecular flexibility index (Phi) is 25.8. The van der Waals surface area contributed by atoms with Crippen LogP contribution in [-0.2, 0) is 51.4 Å². The number of benzene rings is 4. The monoisotopic (exact) mass is 1500 g/mol. The van der Waals surface area contributed by atoms with Crippen LogP contribution in [0.3, 0.4) is 0 Å². The number of aromatic nitrogens is 6. The van der Waals surface area contributed by atoms with Gasteiger partial charge in [-0.1, -0.05) is 71.2 Å². The molecule has 99 heavy (non-hydrogen) atoms. The number of aromatic amines is 2. The van der Waals surface area contributed by atoms with Gasteiger partial charge in [0.25, 0.3) is 33.1 Å². The Labute approximate surface area is 577 Å². The molecule has 14 atom stereocenters. The lowest BCUT2D eigenvalue weighted by Gasteiger charge is -2.27. The number of methoxy groups -OCH3 is 1. The number of para-hydroxylation sites is 3. The molecular formula is C61H67Cl3N7O25P3. The number of anilines is 1. The van der Waals surface area contributed by atoms with E-state index < -0.39 is 144 Å². The fourth-order valence-corrected chi connectivity index (χ4v) is 14.5. The molecule has 11 rings (SSSR count). The predicted molar refractivity (Wildman–Crippen MR) is 355 cm³/mol. The third-order valence-electron chi connectivity index (χ3n) is 15.6. The zero-order valence-corrected chi connectivity index (χ0v) is 58.0. The Balaban J connectivity index is 0.000000183. The highest BCUT2D eigenvalue weighted by molar-refractivity contribution is 7.41. The Hall–Kier alpha value is -7.58. The van der Waals surface area contributed by atoms with Crippen LogP contribution in [0.1, 0.15) is 72.8 Å². The maximum atomic E-state index is 13.2. The minimum Gasteiger partial charge on any atom is -0.497 e. The number of rotatable bonds is 22. The van der Waals surface area contributed by atoms with Crippen LogP contribution in [0.15, 0.2) is 146 Å². The molecule has 7 aromatic rings. The quantitative estimate of drug-likeness (QED) is 0.0300. The van der Waals surface area contributed by atoms with Crippen molar-refractivity contribution in [3.8, 4) is 23.0 Å². The second kappa shape index (κ2) is 33.7. The maximum absolute atomic E-state index is 13.2. The molecule has 0 spiro atoms. The van der Waals surface area contributed by atoms with Gasteiger partial charge in [0.05, 0.1) is 42.0 Å². The topological polar surface area (TPSA) is 424 Å². The van der Waals surface area contributed by atoms with E-state index in [0.29, 0.717) is 24.3 Å². The Morgan fingerprint density at radius 2 is 1.18 bits per heavy atom. The lowest BCUT2D eigenvalue weighted by atomic mass is 10.1. The zero-order valence-electron chi connectivity index (χ0n) is 52.7. The zero-order chi connectivity index (χ0) is 71.5. The first-order valence-corrected chi connectivity index (χ1v) is 35.0. The molecule has 4 fully saturated rings. The van der Waals surface area contributed by atoms with Crippen LogP contribution < -0.4 is 51.8 Å². The molecule has 1 amide bonds. The van der Waals surface area contributed by atoms with E-state index in [4.69, 9.17) is 86.1 Å². The second-order valence-electron chi connectivity index (χ2n) is 22.3. The second-order valence-corrected chi connectivity index (χ2v) is 27.8. The van der Waals surface area contributed by atoms with E-state index in [1.54, 1.807) is 66.7 Å². The summed E-state index contributed by atoms with van der Waals surface area (Å²) in [5, 5.41) is 40.1. The molecule has 532 valence electrons. The van der Waals surface area contributed by atoms with Gasteiger partial charge in [0.1, 0.15) is 65.7 Å². The van der Waals surface area contributed by atoms with Crippen molar-refractivity contribution >= 4 is 76.8 Å². The molecule has 32 nitrogen and oxygen atoms in total. The van der Waals surface area contributed by atoms with Crippen molar-refractivity contribution in [2.45, 2.75) is 113 Å². The number of aliphatic hydroxyl groups is 4. The van der Waals surface area contributed by atoms with E-state index >= 15 is 0 Å². The van der Waals surface area contributed by atoms with Gasteiger partial charge in [-0.15, -0.1) is 0 Å². The first-order valence-electron chi connectivity index (χ1n) is 30.0. The van der Waals surface area contributed by atoms with Gasteiger partial charge in [0, 0.05) is 68.1 Å². The summed E-state index contributed by atoms with van der Waals surface area (Å²) in [6.07, 6.45) is -4.90. The Bertz CT molecular complexity index is 4270. The van der Waals surface area contributed by atoms with Gasteiger partial charge >= 0.3 is 31.3 Å². The van der Waals surface area contributed by atoms with E-state index in [2.05, 4.69) is 20.3 Å². The van der Waals surface area contributed by atoms with Crippen LogP contribution in [0.4, 0.5) is 5.82 Å². The van der Waals surface area contributed by atoms with Gasteiger partial charge in [0.2, 0.25) is 0 Å². The number of ether oxygens (including phenoxy) is 7. The number of nitrogens with zero attached hydrogens (tertiary/aromatic N) is 4. The maximum Gasteiger partial charge on any atom is 0.367 e. The number of hydrogen-bond acceptors (Lipinski definition) is 26. The van der Waals surface area contributed by atoms with E-state index in [9.17, 15) is 67.7 Å². The van der Waals surface area contributed by atoms with Crippen LogP contribution in [0.2, 0.25) is 15.1 Å². The molecule has 4 saturated heterocycles. The molecule has 7 N–H and O–H groups in total. The van der Waals surface area contributed by atoms with Gasteiger partial charge in [-0.05, 0) is 87.0 Å². The summed E-state index contributed by atoms with van der Waals surface area (Å²) in [6, 6.07) is 26.9. The smallest absolute Gasteiger partial charge is 0.367 e. The van der Waals surface area contributed by atoms with Crippen molar-refractivity contribution < 1.29 is 95.0 Å². The predicted octanol–water partition coefficient (Wildman–Crippen LogP) is 6.03. The highest BCUT2D eigenvalue weighted by Crippen LogP contribution is 2.54. The number of carbonyl (C=O) groups excluding carboxylic acids is 2. The summed E-state index contributed by atoms with van der Waals surface area (Å²) in [7, 11) is -8.05. The Morgan fingerprint density at radius 3 is 1.63 bits per heavy atom. The number of carbonyl (C=O) groups is 2. The molecule has 4 unspecified atom stereocenters. The van der Waals surface area contributed by atoms with Gasteiger partial charge in [-0.2, -0.15) is 4.98 Å². The van der Waals surface area contributed by atoms with E-state index in [0.717, 1.165) is 20.1 Å². The van der Waals surface area contributed by atoms with Crippen LogP contribution in [0.5, 0.6) is 23.0 Å². The normalized spacial score (nSPS) is 24.8. The largest absolute Gasteiger partial charge is 0.497 e. The van der Waals surface area contributed by atoms with Crippen molar-refractivity contribution in [2.24, 2.45) is 0 Å². The number of H-pyrrole nitrogens is 2. The number of hydrogen-bond donors (Lipinski definition) is 7. The SMILES string of the molecule is COc1ccc(C(=O)Nc2ccn([C@@H]3O[C@H](CO[PH](=O)Oc4ccccc4Cl)[C@@H](OC(C)=O)[C@H]3OC3CCCO3)c(=O)n2)cc1.Cc1cn([C@H]2C[C@@](O)([PH](=O)Oc3ccccc3Cl)[C@@H](CO)O2)c(=O)[nH]c1=O.Cc1cn([C@H]2C[C@@](O)([PH](=O)Oc3ccccc3Cl)[C@@H](CO)O2)c(=O)[nH]c1=O. The highest BCUT2D eigenvalue weighted by Gasteiger charge is 2.56. The summed E-state index contributed by atoms with van der Waals surface area (Å²) in [4.78, 5) is 93.5. The first-order chi connectivity index (χ1) is 47.2. The van der Waals surface area contributed by atoms with Crippen molar-refractivity contribution in [1.29, 1.82) is 0 Å². The summed E-state index contributed by atoms with van der Waals surface area (Å²) in [5.74, 6) is -0.139. The minimum atomic E-state index is -3.22. The number of aryl methyl sites for hydroxylation is 2. The fraction of sp³-hybridized carbons (Fsp3) is 0.377. The van der Waals surface area contributed by atoms with E-state index in [-0.39, 0.29) is 68.7 Å². The molecule has 4 aromatic carbocycles. The standard InChI is InChI=1S/C29H31ClN3O11P.2C16H18ClN2O7P/c1-17(34)41-25-22(16-40-45(37)44-21-7-4-3-6-20(21)30)42-28(26(25)43-24-8-5-15-39-24)33-14-13-23(32-29(33)36)31-27(35)18-9-11-19(38-2)12-10-18;2*1-9-7-19(15(22)18-14(9)21)13-6-16(23,12(8-20)25-13)27(24)26-11-5-3-2-4-10(11)17/h3-4,6-7,9-14,22,24-26,28,45H,5,8,15-16H2,1-2H3,(H,31,32,35,36);2*2-5,7,12-13,20,23,27H,6,8H2,1H3,(H,18,21,22)/t22-,24?,25-,26-,28-;2*12-,13-,16-/m111/s1. The molecule has 0 radical (unpaired) electrons. The highest BCUT2D eigenvalue weighted by atomic mass is 35.5. The number of nitrogens with one attached hydrogen (secondary N) is 3. The number of aliphatic hydroxyl groups excluding tert-OH is 2. The van der Waals surface area contributed by atoms with Gasteiger partial charge < -0.3 is 72.5 Å². The van der Waals surface area contributed by atoms with Crippen molar-refractivity contribution in [2.75, 3.05) is 38.9 Å². The molecule has 0 saturated carbocycles. The Morgan fingerprint density at radius 1 is 0.687 bits per heavy atom. The van der Waals surface area contributed by atoms with Gasteiger partial charge in [-0.3, -0.25) is 56.5 Å². The molecule has 4 aliphatic heterocycles. The molecule has 3 aromatic heterocycles. The molecule has 38 heteroatoms. The molecule has 4 aliphatic rings. The summed E-state index contributed by atoms with van der Waals surface area (Å²) in [6.45, 7) is 3.05. The number of halogens is 3. The lowest BCUT2D eigenvalue weighted by Crippen LogP contribution is -2.42. The van der Waals surface area contributed by atoms with Gasteiger partial charge in [0.15, 0.2) is 29.3 Å². The minimum absolute atomic E-state index is 0.00148. The lowest BCUT2D eigenvalue weighted by molar-refractivity contribution is -0.191. The van der Waals surface area contributed by atoms with Crippen molar-refractivity contribution in [1.82, 2.24) is 28.7 Å². The van der Waals surface area contributed by atoms with E-state index in [1.807, 2.05) is 0 Å². The summed E-state index contributed by atoms with van der Waals surface area (Å²) in [5.41, 5.74) is -2.52.